The maximum absolute atomic E-state index is 12.4. The third-order valence-corrected chi connectivity index (χ3v) is 13.2. The lowest BCUT2D eigenvalue weighted by Gasteiger charge is -2.26. The van der Waals surface area contributed by atoms with Gasteiger partial charge in [-0.1, -0.05) is 178 Å². The van der Waals surface area contributed by atoms with Crippen molar-refractivity contribution in [2.45, 2.75) is 106 Å². The molecule has 2 aromatic heterocycles. The number of hydrogen-bond acceptors (Lipinski definition) is 3. The number of nitrogens with zero attached hydrogens (tertiary/aromatic N) is 3. The molecule has 0 saturated carbocycles. The molecule has 342 valence electrons. The van der Waals surface area contributed by atoms with Gasteiger partial charge < -0.3 is 5.11 Å². The van der Waals surface area contributed by atoms with Crippen molar-refractivity contribution in [1.82, 2.24) is 14.5 Å². The van der Waals surface area contributed by atoms with E-state index in [9.17, 15) is 9.22 Å². The van der Waals surface area contributed by atoms with Gasteiger partial charge in [0.1, 0.15) is 11.6 Å². The summed E-state index contributed by atoms with van der Waals surface area (Å²) in [6.07, 6.45) is 1.78. The molecule has 2 heterocycles. The van der Waals surface area contributed by atoms with E-state index in [1.165, 1.54) is 0 Å². The van der Waals surface area contributed by atoms with Gasteiger partial charge in [-0.05, 0) is 152 Å². The number of hydrogen-bond donors (Lipinski definition) is 1. The lowest BCUT2D eigenvalue weighted by atomic mass is 9.78. The van der Waals surface area contributed by atoms with E-state index in [0.717, 1.165) is 78.0 Å². The highest BCUT2D eigenvalue weighted by Crippen LogP contribution is 2.45. The maximum atomic E-state index is 12.4. The number of phenols is 1. The molecule has 0 fully saturated rings. The van der Waals surface area contributed by atoms with Crippen molar-refractivity contribution in [2.24, 2.45) is 0 Å². The first-order chi connectivity index (χ1) is 34.8. The zero-order chi connectivity index (χ0) is 53.2. The highest BCUT2D eigenvalue weighted by molar-refractivity contribution is 5.97. The second-order valence-electron chi connectivity index (χ2n) is 20.9. The summed E-state index contributed by atoms with van der Waals surface area (Å²) in [4.78, 5) is 10.4. The number of fused-ring (bicyclic) bond motifs is 1. The van der Waals surface area contributed by atoms with Crippen LogP contribution in [-0.4, -0.2) is 19.6 Å². The van der Waals surface area contributed by atoms with E-state index in [1.54, 1.807) is 18.3 Å². The molecule has 0 unspecified atom stereocenters. The lowest BCUT2D eigenvalue weighted by Crippen LogP contribution is -2.13. The van der Waals surface area contributed by atoms with Crippen LogP contribution in [-0.2, 0) is 10.8 Å². The molecule has 0 aliphatic rings. The van der Waals surface area contributed by atoms with E-state index >= 15 is 0 Å². The molecule has 68 heavy (non-hydrogen) atoms. The van der Waals surface area contributed by atoms with Crippen molar-refractivity contribution in [3.05, 3.63) is 191 Å². The zero-order valence-corrected chi connectivity index (χ0v) is 41.0. The number of aromatic nitrogens is 3. The number of rotatable bonds is 9. The van der Waals surface area contributed by atoms with Crippen LogP contribution in [0.2, 0.25) is 0 Å². The molecule has 9 aromatic rings. The highest BCUT2D eigenvalue weighted by Gasteiger charge is 2.27. The Morgan fingerprint density at radius 2 is 1.28 bits per heavy atom. The first kappa shape index (κ1) is 39.0. The summed E-state index contributed by atoms with van der Waals surface area (Å²) in [7, 11) is 0. The molecule has 0 atom stereocenters. The Labute approximate surface area is 412 Å². The second kappa shape index (κ2) is 17.9. The van der Waals surface area contributed by atoms with Gasteiger partial charge in [0.25, 0.3) is 0 Å². The number of imidazole rings is 1. The third kappa shape index (κ3) is 8.81. The average molecular weight is 898 g/mol. The molecule has 0 radical (unpaired) electrons. The normalized spacial score (nSPS) is 13.8. The minimum Gasteiger partial charge on any atom is -0.507 e. The molecule has 0 bridgehead atoms. The lowest BCUT2D eigenvalue weighted by molar-refractivity contribution is 0.466. The molecular formula is C64H65N3O. The highest BCUT2D eigenvalue weighted by atomic mass is 16.3. The predicted molar refractivity (Wildman–Crippen MR) is 288 cm³/mol. The van der Waals surface area contributed by atoms with Crippen LogP contribution in [0.5, 0.6) is 5.75 Å². The minimum absolute atomic E-state index is 0.0148. The maximum Gasteiger partial charge on any atom is 0.149 e. The molecule has 9 rings (SSSR count). The Morgan fingerprint density at radius 1 is 0.559 bits per heavy atom. The summed E-state index contributed by atoms with van der Waals surface area (Å²) < 4.78 is 53.4. The SMILES string of the molecule is [2H]C([2H])([2H])c1ccc(-c2ccnc(-c3cc(-c4cccc5c4nc(-c4cc(C(C)C)cc(C(C)C)c4O)n5-c4ccc(-c5c(-c6ccccc6)cccc5C(C)(C)C)cc4C([2H])([2H])[2H])cc(C(C)(C)C)c3)c2)cc1. The van der Waals surface area contributed by atoms with E-state index in [4.69, 9.17) is 14.1 Å². The number of aryl methyl sites for hydroxylation is 2. The molecule has 7 aromatic carbocycles. The molecule has 0 aliphatic carbocycles. The molecular weight excluding hydrogens is 827 g/mol. The fourth-order valence-electron chi connectivity index (χ4n) is 9.41. The van der Waals surface area contributed by atoms with Crippen LogP contribution in [0.3, 0.4) is 0 Å². The number of phenolic OH excluding ortho intramolecular Hbond substituents is 1. The van der Waals surface area contributed by atoms with E-state index in [0.29, 0.717) is 28.1 Å². The fourth-order valence-corrected chi connectivity index (χ4v) is 9.41. The Hall–Kier alpha value is -7.04. The number of aromatic hydroxyl groups is 1. The van der Waals surface area contributed by atoms with Crippen molar-refractivity contribution in [1.29, 1.82) is 0 Å². The summed E-state index contributed by atoms with van der Waals surface area (Å²) in [5, 5.41) is 12.4. The molecule has 4 heteroatoms. The summed E-state index contributed by atoms with van der Waals surface area (Å²) in [5.74, 6) is 0.647. The Balaban J connectivity index is 1.32. The van der Waals surface area contributed by atoms with Gasteiger partial charge in [-0.3, -0.25) is 9.55 Å². The molecule has 1 N–H and O–H groups in total. The summed E-state index contributed by atoms with van der Waals surface area (Å²) in [6.45, 7) is 16.7. The molecule has 0 amide bonds. The Morgan fingerprint density at radius 3 is 1.97 bits per heavy atom. The monoisotopic (exact) mass is 898 g/mol. The molecule has 0 aliphatic heterocycles. The largest absolute Gasteiger partial charge is 0.507 e. The summed E-state index contributed by atoms with van der Waals surface area (Å²) in [6, 6.07) is 49.9. The van der Waals surface area contributed by atoms with Gasteiger partial charge in [0.2, 0.25) is 0 Å². The van der Waals surface area contributed by atoms with Crippen molar-refractivity contribution < 1.29 is 13.3 Å². The van der Waals surface area contributed by atoms with Crippen LogP contribution in [0.1, 0.15) is 123 Å². The summed E-state index contributed by atoms with van der Waals surface area (Å²) >= 11 is 0. The fraction of sp³-hybridized carbons (Fsp3) is 0.250. The van der Waals surface area contributed by atoms with Crippen molar-refractivity contribution in [3.63, 3.8) is 0 Å². The van der Waals surface area contributed by atoms with Gasteiger partial charge in [-0.15, -0.1) is 0 Å². The van der Waals surface area contributed by atoms with Gasteiger partial charge in [0, 0.05) is 25.5 Å². The molecule has 4 nitrogen and oxygen atoms in total. The van der Waals surface area contributed by atoms with Gasteiger partial charge in [-0.2, -0.15) is 0 Å². The number of benzene rings is 7. The van der Waals surface area contributed by atoms with Crippen LogP contribution in [0.25, 0.3) is 83.9 Å². The molecule has 0 saturated heterocycles. The van der Waals surface area contributed by atoms with Crippen molar-refractivity contribution in [3.8, 4) is 78.6 Å². The van der Waals surface area contributed by atoms with Crippen molar-refractivity contribution in [2.75, 3.05) is 0 Å². The van der Waals surface area contributed by atoms with Gasteiger partial charge in [0.15, 0.2) is 0 Å². The quantitative estimate of drug-likeness (QED) is 0.157. The first-order valence-electron chi connectivity index (χ1n) is 26.8. The van der Waals surface area contributed by atoms with Crippen LogP contribution in [0.15, 0.2) is 158 Å². The average Bonchev–Trinajstić information content (AvgIpc) is 3.74. The Kier molecular flexibility index (Phi) is 10.3. The third-order valence-electron chi connectivity index (χ3n) is 13.2. The van der Waals surface area contributed by atoms with Crippen LogP contribution in [0.4, 0.5) is 0 Å². The van der Waals surface area contributed by atoms with Gasteiger partial charge in [0.05, 0.1) is 28.0 Å². The standard InChI is InChI=1S/C64H65N3O/c1-39(2)47-36-53(40(3)4)61(68)54(37-47)62-66-60-52(48-33-49(35-50(34-48)63(7,8)9)56-38-45(30-31-65-56)43-26-24-41(5)25-27-43)21-17-23-58(60)67(62)57-29-28-46(32-42(57)6)59-51(44-18-14-13-15-19-44)20-16-22-55(59)64(10,11)12/h13-40,68H,1-12H3/i5D3,6D3. The smallest absolute Gasteiger partial charge is 0.149 e. The summed E-state index contributed by atoms with van der Waals surface area (Å²) in [5.41, 5.74) is 15.1. The zero-order valence-electron chi connectivity index (χ0n) is 47.0. The minimum atomic E-state index is -2.57. The topological polar surface area (TPSA) is 50.9 Å². The first-order valence-corrected chi connectivity index (χ1v) is 23.8. The van der Waals surface area contributed by atoms with E-state index in [2.05, 4.69) is 130 Å². The predicted octanol–water partition coefficient (Wildman–Crippen LogP) is 17.6. The van der Waals surface area contributed by atoms with Gasteiger partial charge in [-0.25, -0.2) is 4.98 Å². The Bertz CT molecular complexity index is 3550. The van der Waals surface area contributed by atoms with Crippen LogP contribution >= 0.6 is 0 Å². The van der Waals surface area contributed by atoms with E-state index in [-0.39, 0.29) is 39.5 Å². The van der Waals surface area contributed by atoms with Gasteiger partial charge >= 0.3 is 0 Å². The number of pyridine rings is 1. The van der Waals surface area contributed by atoms with E-state index in [1.807, 2.05) is 83.4 Å². The number of para-hydroxylation sites is 1. The van der Waals surface area contributed by atoms with E-state index < -0.39 is 13.7 Å². The van der Waals surface area contributed by atoms with Crippen molar-refractivity contribution >= 4 is 11.0 Å². The second-order valence-corrected chi connectivity index (χ2v) is 20.9. The van der Waals surface area contributed by atoms with Crippen LogP contribution in [0, 0.1) is 13.7 Å². The molecule has 0 spiro atoms. The van der Waals surface area contributed by atoms with Crippen LogP contribution < -0.4 is 0 Å².